The van der Waals surface area contributed by atoms with Crippen molar-refractivity contribution in [3.63, 3.8) is 0 Å². The Kier molecular flexibility index (Phi) is 10.1. The first kappa shape index (κ1) is 32.9. The number of anilines is 1. The summed E-state index contributed by atoms with van der Waals surface area (Å²) >= 11 is 0. The molecule has 0 radical (unpaired) electrons. The van der Waals surface area contributed by atoms with Crippen molar-refractivity contribution in [3.05, 3.63) is 66.2 Å². The number of rotatable bonds is 3. The number of nitrogens with zero attached hydrogens (tertiary/aromatic N) is 2. The van der Waals surface area contributed by atoms with Crippen LogP contribution in [-0.2, 0) is 19.7 Å². The minimum absolute atomic E-state index is 0.0339. The molecule has 43 heavy (non-hydrogen) atoms. The molecule has 4 heterocycles. The number of carboxylic acids is 2. The number of halogens is 6. The number of aliphatic carboxylic acids is 2. The molecule has 0 aliphatic carbocycles. The zero-order chi connectivity index (χ0) is 32.0. The van der Waals surface area contributed by atoms with Crippen molar-refractivity contribution in [3.8, 4) is 16.9 Å². The van der Waals surface area contributed by atoms with Gasteiger partial charge in [-0.25, -0.2) is 9.59 Å². The van der Waals surface area contributed by atoms with Crippen LogP contribution < -0.4 is 9.64 Å². The lowest BCUT2D eigenvalue weighted by atomic mass is 9.75. The van der Waals surface area contributed by atoms with Crippen LogP contribution in [0.3, 0.4) is 0 Å². The fraction of sp³-hybridized carbons (Fsp3) is 0.333. The number of methoxy groups -OCH3 is 1. The van der Waals surface area contributed by atoms with E-state index in [0.717, 1.165) is 48.6 Å². The number of carboxylic acid groups (broad SMARTS) is 2. The van der Waals surface area contributed by atoms with Gasteiger partial charge >= 0.3 is 24.3 Å². The first-order valence-electron chi connectivity index (χ1n) is 12.4. The normalized spacial score (nSPS) is 15.4. The summed E-state index contributed by atoms with van der Waals surface area (Å²) in [6.07, 6.45) is -1.25. The Labute approximate surface area is 239 Å². The van der Waals surface area contributed by atoms with Crippen molar-refractivity contribution in [2.75, 3.05) is 31.8 Å². The lowest BCUT2D eigenvalue weighted by Gasteiger charge is -2.34. The van der Waals surface area contributed by atoms with Crippen LogP contribution >= 0.6 is 0 Å². The summed E-state index contributed by atoms with van der Waals surface area (Å²) in [7, 11) is 1.64. The number of hydrogen-bond acceptors (Lipinski definition) is 6. The van der Waals surface area contributed by atoms with Crippen LogP contribution in [-0.4, -0.2) is 77.2 Å². The molecule has 1 fully saturated rings. The summed E-state index contributed by atoms with van der Waals surface area (Å²) in [5, 5.41) is 14.2. The second-order valence-electron chi connectivity index (χ2n) is 9.33. The fourth-order valence-corrected chi connectivity index (χ4v) is 4.52. The summed E-state index contributed by atoms with van der Waals surface area (Å²) in [5.41, 5.74) is 4.92. The van der Waals surface area contributed by atoms with E-state index in [9.17, 15) is 31.1 Å². The van der Waals surface area contributed by atoms with E-state index in [-0.39, 0.29) is 11.3 Å². The number of carbonyl (C=O) groups is 3. The number of nitrogens with one attached hydrogen (secondary N) is 1. The number of fused-ring (bicyclic) bond motifs is 2. The average molecular weight is 617 g/mol. The van der Waals surface area contributed by atoms with Gasteiger partial charge in [-0.1, -0.05) is 6.07 Å². The fourth-order valence-electron chi connectivity index (χ4n) is 4.52. The molecule has 5 rings (SSSR count). The van der Waals surface area contributed by atoms with E-state index in [0.29, 0.717) is 12.1 Å². The van der Waals surface area contributed by atoms with Gasteiger partial charge in [0.15, 0.2) is 0 Å². The summed E-state index contributed by atoms with van der Waals surface area (Å²) in [6.45, 7) is 2.13. The van der Waals surface area contributed by atoms with Crippen molar-refractivity contribution in [2.24, 2.45) is 0 Å². The Morgan fingerprint density at radius 3 is 2.07 bits per heavy atom. The van der Waals surface area contributed by atoms with Gasteiger partial charge in [0.2, 0.25) is 0 Å². The van der Waals surface area contributed by atoms with Gasteiger partial charge in [0.05, 0.1) is 18.9 Å². The minimum atomic E-state index is -5.08. The smallest absolute Gasteiger partial charge is 0.490 e. The van der Waals surface area contributed by atoms with E-state index in [2.05, 4.69) is 28.2 Å². The van der Waals surface area contributed by atoms with Crippen molar-refractivity contribution in [2.45, 2.75) is 30.6 Å². The van der Waals surface area contributed by atoms with Crippen LogP contribution in [0.1, 0.15) is 28.8 Å². The van der Waals surface area contributed by atoms with Crippen LogP contribution in [0.5, 0.6) is 5.75 Å². The number of benzene rings is 1. The Bertz CT molecular complexity index is 1410. The van der Waals surface area contributed by atoms with Crippen LogP contribution in [0.4, 0.5) is 32.0 Å². The van der Waals surface area contributed by atoms with E-state index in [4.69, 9.17) is 29.3 Å². The number of aromatic nitrogens is 2. The predicted molar refractivity (Wildman–Crippen MR) is 138 cm³/mol. The molecule has 1 amide bonds. The second-order valence-corrected chi connectivity index (χ2v) is 9.33. The molecule has 3 N–H and O–H groups in total. The number of amides is 1. The van der Waals surface area contributed by atoms with Gasteiger partial charge in [0.1, 0.15) is 5.75 Å². The van der Waals surface area contributed by atoms with E-state index >= 15 is 0 Å². The summed E-state index contributed by atoms with van der Waals surface area (Å²) in [5.74, 6) is -4.75. The van der Waals surface area contributed by atoms with Gasteiger partial charge in [0.25, 0.3) is 5.91 Å². The molecular weight excluding hydrogens is 592 g/mol. The lowest BCUT2D eigenvalue weighted by Crippen LogP contribution is -2.40. The molecule has 2 aliphatic heterocycles. The topological polar surface area (TPSA) is 142 Å². The molecule has 0 bridgehead atoms. The standard InChI is InChI=1S/C23H23N3O3.2C2HF3O2/c1-28-19-10-18(13-25-14-19)16-2-3-21-20(11-16)23(5-8-29-9-6-23)15-26(21)22(27)17-4-7-24-12-17;2*3-2(4,5)1(6)7/h2-4,7,10-14,24H,5-6,8-9,15H2,1H3;2*(H,6,7). The number of aromatic amines is 1. The number of ether oxygens (including phenoxy) is 2. The number of alkyl halides is 6. The summed E-state index contributed by atoms with van der Waals surface area (Å²) < 4.78 is 74.5. The van der Waals surface area contributed by atoms with Crippen LogP contribution in [0, 0.1) is 0 Å². The van der Waals surface area contributed by atoms with Gasteiger partial charge < -0.3 is 29.6 Å². The maximum atomic E-state index is 13.2. The molecule has 3 aromatic rings. The molecule has 0 unspecified atom stereocenters. The quantitative estimate of drug-likeness (QED) is 0.347. The largest absolute Gasteiger partial charge is 0.495 e. The van der Waals surface area contributed by atoms with Crippen molar-refractivity contribution >= 4 is 23.5 Å². The molecule has 1 aromatic carbocycles. The van der Waals surface area contributed by atoms with Gasteiger partial charge in [-0.2, -0.15) is 26.3 Å². The average Bonchev–Trinajstić information content (AvgIpc) is 3.60. The van der Waals surface area contributed by atoms with Crippen molar-refractivity contribution in [1.82, 2.24) is 9.97 Å². The molecule has 1 saturated heterocycles. The van der Waals surface area contributed by atoms with Gasteiger partial charge in [0, 0.05) is 55.0 Å². The van der Waals surface area contributed by atoms with Gasteiger partial charge in [-0.05, 0) is 48.2 Å². The molecule has 2 aliphatic rings. The van der Waals surface area contributed by atoms with Crippen molar-refractivity contribution in [1.29, 1.82) is 0 Å². The first-order chi connectivity index (χ1) is 20.1. The molecule has 1 spiro atoms. The van der Waals surface area contributed by atoms with Crippen LogP contribution in [0.25, 0.3) is 11.1 Å². The highest BCUT2D eigenvalue weighted by molar-refractivity contribution is 6.07. The monoisotopic (exact) mass is 617 g/mol. The highest BCUT2D eigenvalue weighted by Crippen LogP contribution is 2.48. The number of hydrogen-bond donors (Lipinski definition) is 3. The Morgan fingerprint density at radius 1 is 0.953 bits per heavy atom. The highest BCUT2D eigenvalue weighted by atomic mass is 19.4. The molecule has 16 heteroatoms. The zero-order valence-corrected chi connectivity index (χ0v) is 22.3. The maximum Gasteiger partial charge on any atom is 0.490 e. The lowest BCUT2D eigenvalue weighted by molar-refractivity contribution is -0.193. The highest BCUT2D eigenvalue weighted by Gasteiger charge is 2.46. The third-order valence-electron chi connectivity index (χ3n) is 6.63. The molecule has 0 atom stereocenters. The summed E-state index contributed by atoms with van der Waals surface area (Å²) in [6, 6.07) is 10.2. The van der Waals surface area contributed by atoms with Crippen molar-refractivity contribution < 1.29 is 60.4 Å². The SMILES string of the molecule is COc1cncc(-c2ccc3c(c2)C2(CCOCC2)CN3C(=O)c2cc[nH]c2)c1.O=C(O)C(F)(F)F.O=C(O)C(F)(F)F. The van der Waals surface area contributed by atoms with Gasteiger partial charge in [-0.3, -0.25) is 9.78 Å². The Hall–Kier alpha value is -4.60. The third-order valence-corrected chi connectivity index (χ3v) is 6.63. The second kappa shape index (κ2) is 13.1. The first-order valence-corrected chi connectivity index (χ1v) is 12.4. The molecule has 232 valence electrons. The van der Waals surface area contributed by atoms with E-state index in [1.807, 2.05) is 23.2 Å². The minimum Gasteiger partial charge on any atom is -0.495 e. The number of carbonyl (C=O) groups excluding carboxylic acids is 1. The maximum absolute atomic E-state index is 13.2. The molecular formula is C27H25F6N3O7. The van der Waals surface area contributed by atoms with E-state index in [1.54, 1.807) is 25.7 Å². The molecule has 0 saturated carbocycles. The van der Waals surface area contributed by atoms with Crippen LogP contribution in [0.15, 0.2) is 55.1 Å². The third kappa shape index (κ3) is 8.03. The molecule has 2 aromatic heterocycles. The van der Waals surface area contributed by atoms with Crippen LogP contribution in [0.2, 0.25) is 0 Å². The number of H-pyrrole nitrogens is 1. The zero-order valence-electron chi connectivity index (χ0n) is 22.3. The summed E-state index contributed by atoms with van der Waals surface area (Å²) in [4.78, 5) is 40.2. The Balaban J connectivity index is 0.000000303. The Morgan fingerprint density at radius 2 is 1.56 bits per heavy atom. The van der Waals surface area contributed by atoms with E-state index < -0.39 is 24.3 Å². The number of pyridine rings is 1. The van der Waals surface area contributed by atoms with Gasteiger partial charge in [-0.15, -0.1) is 0 Å². The predicted octanol–water partition coefficient (Wildman–Crippen LogP) is 5.06. The van der Waals surface area contributed by atoms with E-state index in [1.165, 1.54) is 5.56 Å². The molecule has 10 nitrogen and oxygen atoms in total.